The van der Waals surface area contributed by atoms with E-state index in [9.17, 15) is 9.18 Å². The van der Waals surface area contributed by atoms with Gasteiger partial charge in [-0.1, -0.05) is 32.0 Å². The van der Waals surface area contributed by atoms with Crippen LogP contribution in [-0.2, 0) is 0 Å². The maximum absolute atomic E-state index is 12.8. The van der Waals surface area contributed by atoms with Gasteiger partial charge in [0.1, 0.15) is 5.82 Å². The van der Waals surface area contributed by atoms with Gasteiger partial charge in [-0.15, -0.1) is 0 Å². The van der Waals surface area contributed by atoms with E-state index in [4.69, 9.17) is 0 Å². The van der Waals surface area contributed by atoms with Crippen molar-refractivity contribution in [3.8, 4) is 0 Å². The van der Waals surface area contributed by atoms with Gasteiger partial charge in [-0.05, 0) is 48.2 Å². The first-order chi connectivity index (χ1) is 9.97. The standard InChI is InChI=1S/C17H19FN2O/c1-11(2)15-6-4-5-12(3)16(15)20-17(21)19-14-9-7-13(18)8-10-14/h4-11H,1-3H3,(H2,19,20,21). The summed E-state index contributed by atoms with van der Waals surface area (Å²) in [5, 5.41) is 5.57. The minimum atomic E-state index is -0.335. The molecule has 0 fully saturated rings. The van der Waals surface area contributed by atoms with Crippen LogP contribution < -0.4 is 10.6 Å². The molecule has 0 aromatic heterocycles. The lowest BCUT2D eigenvalue weighted by atomic mass is 9.98. The van der Waals surface area contributed by atoms with Gasteiger partial charge in [-0.3, -0.25) is 0 Å². The molecule has 3 nitrogen and oxygen atoms in total. The fourth-order valence-corrected chi connectivity index (χ4v) is 2.15. The van der Waals surface area contributed by atoms with Crippen molar-refractivity contribution in [1.82, 2.24) is 0 Å². The van der Waals surface area contributed by atoms with Crippen molar-refractivity contribution in [2.24, 2.45) is 0 Å². The fraction of sp³-hybridized carbons (Fsp3) is 0.235. The van der Waals surface area contributed by atoms with E-state index < -0.39 is 0 Å². The van der Waals surface area contributed by atoms with Gasteiger partial charge < -0.3 is 10.6 Å². The summed E-state index contributed by atoms with van der Waals surface area (Å²) in [5.74, 6) is -0.0204. The lowest BCUT2D eigenvalue weighted by Gasteiger charge is -2.16. The molecule has 0 radical (unpaired) electrons. The van der Waals surface area contributed by atoms with Gasteiger partial charge >= 0.3 is 6.03 Å². The van der Waals surface area contributed by atoms with Crippen molar-refractivity contribution in [2.75, 3.05) is 10.6 Å². The van der Waals surface area contributed by atoms with Crippen molar-refractivity contribution < 1.29 is 9.18 Å². The van der Waals surface area contributed by atoms with Gasteiger partial charge in [-0.25, -0.2) is 9.18 Å². The Morgan fingerprint density at radius 1 is 1.05 bits per heavy atom. The Morgan fingerprint density at radius 2 is 1.71 bits per heavy atom. The smallest absolute Gasteiger partial charge is 0.308 e. The SMILES string of the molecule is Cc1cccc(C(C)C)c1NC(=O)Nc1ccc(F)cc1. The van der Waals surface area contributed by atoms with Crippen LogP contribution in [0.25, 0.3) is 0 Å². The third-order valence-corrected chi connectivity index (χ3v) is 3.27. The Hall–Kier alpha value is -2.36. The highest BCUT2D eigenvalue weighted by Gasteiger charge is 2.12. The number of hydrogen-bond donors (Lipinski definition) is 2. The number of carbonyl (C=O) groups excluding carboxylic acids is 1. The van der Waals surface area contributed by atoms with E-state index in [0.717, 1.165) is 16.8 Å². The number of aryl methyl sites for hydroxylation is 1. The van der Waals surface area contributed by atoms with Crippen molar-refractivity contribution in [3.05, 3.63) is 59.4 Å². The lowest BCUT2D eigenvalue weighted by molar-refractivity contribution is 0.262. The molecule has 2 rings (SSSR count). The van der Waals surface area contributed by atoms with Gasteiger partial charge in [0.2, 0.25) is 0 Å². The number of benzene rings is 2. The first kappa shape index (κ1) is 15.0. The zero-order valence-electron chi connectivity index (χ0n) is 12.4. The molecular formula is C17H19FN2O. The van der Waals surface area contributed by atoms with Crippen LogP contribution >= 0.6 is 0 Å². The minimum Gasteiger partial charge on any atom is -0.308 e. The number of amides is 2. The molecule has 0 bridgehead atoms. The topological polar surface area (TPSA) is 41.1 Å². The van der Waals surface area contributed by atoms with Gasteiger partial charge in [0.15, 0.2) is 0 Å². The second-order valence-electron chi connectivity index (χ2n) is 5.28. The Balaban J connectivity index is 2.14. The van der Waals surface area contributed by atoms with Crippen LogP contribution in [0.5, 0.6) is 0 Å². The molecule has 4 heteroatoms. The lowest BCUT2D eigenvalue weighted by Crippen LogP contribution is -2.21. The number of carbonyl (C=O) groups is 1. The molecule has 2 aromatic carbocycles. The Kier molecular flexibility index (Phi) is 4.58. The summed E-state index contributed by atoms with van der Waals surface area (Å²) in [6, 6.07) is 11.3. The van der Waals surface area contributed by atoms with Gasteiger partial charge in [-0.2, -0.15) is 0 Å². The molecule has 0 spiro atoms. The highest BCUT2D eigenvalue weighted by Crippen LogP contribution is 2.27. The summed E-state index contributed by atoms with van der Waals surface area (Å²) in [5.41, 5.74) is 3.47. The fourth-order valence-electron chi connectivity index (χ4n) is 2.15. The van der Waals surface area contributed by atoms with E-state index in [-0.39, 0.29) is 11.8 Å². The van der Waals surface area contributed by atoms with Gasteiger partial charge in [0.05, 0.1) is 0 Å². The number of anilines is 2. The van der Waals surface area contributed by atoms with Gasteiger partial charge in [0.25, 0.3) is 0 Å². The van der Waals surface area contributed by atoms with Crippen LogP contribution in [-0.4, -0.2) is 6.03 Å². The van der Waals surface area contributed by atoms with E-state index >= 15 is 0 Å². The maximum atomic E-state index is 12.8. The second-order valence-corrected chi connectivity index (χ2v) is 5.28. The van der Waals surface area contributed by atoms with E-state index in [1.807, 2.05) is 25.1 Å². The predicted molar refractivity (Wildman–Crippen MR) is 84.3 cm³/mol. The predicted octanol–water partition coefficient (Wildman–Crippen LogP) is 4.90. The van der Waals surface area contributed by atoms with E-state index in [1.165, 1.54) is 24.3 Å². The second kappa shape index (κ2) is 6.39. The van der Waals surface area contributed by atoms with Crippen LogP contribution in [0.15, 0.2) is 42.5 Å². The summed E-state index contributed by atoms with van der Waals surface area (Å²) < 4.78 is 12.8. The number of halogens is 1. The molecule has 0 aliphatic rings. The van der Waals surface area contributed by atoms with E-state index in [2.05, 4.69) is 24.5 Å². The van der Waals surface area contributed by atoms with Crippen molar-refractivity contribution in [2.45, 2.75) is 26.7 Å². The molecule has 0 unspecified atom stereocenters. The number of urea groups is 1. The normalized spacial score (nSPS) is 10.5. The number of nitrogens with one attached hydrogen (secondary N) is 2. The number of para-hydroxylation sites is 1. The molecule has 21 heavy (non-hydrogen) atoms. The summed E-state index contributed by atoms with van der Waals surface area (Å²) in [6.07, 6.45) is 0. The molecule has 0 aliphatic heterocycles. The van der Waals surface area contributed by atoms with Crippen LogP contribution in [0, 0.1) is 12.7 Å². The molecule has 0 saturated heterocycles. The van der Waals surface area contributed by atoms with Crippen LogP contribution in [0.2, 0.25) is 0 Å². The average molecular weight is 286 g/mol. The first-order valence-electron chi connectivity index (χ1n) is 6.90. The monoisotopic (exact) mass is 286 g/mol. The first-order valence-corrected chi connectivity index (χ1v) is 6.90. The average Bonchev–Trinajstić information content (AvgIpc) is 2.43. The van der Waals surface area contributed by atoms with Crippen molar-refractivity contribution in [3.63, 3.8) is 0 Å². The molecule has 2 amide bonds. The highest BCUT2D eigenvalue weighted by molar-refractivity contribution is 6.00. The zero-order valence-corrected chi connectivity index (χ0v) is 12.4. The molecule has 0 aliphatic carbocycles. The Bertz CT molecular complexity index is 636. The summed E-state index contributed by atoms with van der Waals surface area (Å²) in [6.45, 7) is 6.12. The third kappa shape index (κ3) is 3.81. The summed E-state index contributed by atoms with van der Waals surface area (Å²) in [4.78, 5) is 12.1. The largest absolute Gasteiger partial charge is 0.323 e. The third-order valence-electron chi connectivity index (χ3n) is 3.27. The van der Waals surface area contributed by atoms with Crippen LogP contribution in [0.3, 0.4) is 0 Å². The van der Waals surface area contributed by atoms with Crippen molar-refractivity contribution in [1.29, 1.82) is 0 Å². The molecule has 110 valence electrons. The van der Waals surface area contributed by atoms with Crippen molar-refractivity contribution >= 4 is 17.4 Å². The van der Waals surface area contributed by atoms with Crippen LogP contribution in [0.4, 0.5) is 20.6 Å². The maximum Gasteiger partial charge on any atom is 0.323 e. The molecule has 2 N–H and O–H groups in total. The molecule has 0 heterocycles. The number of rotatable bonds is 3. The van der Waals surface area contributed by atoms with E-state index in [1.54, 1.807) is 0 Å². The molecule has 0 atom stereocenters. The quantitative estimate of drug-likeness (QED) is 0.827. The number of hydrogen-bond acceptors (Lipinski definition) is 1. The van der Waals surface area contributed by atoms with E-state index in [0.29, 0.717) is 11.6 Å². The zero-order chi connectivity index (χ0) is 15.4. The molecular weight excluding hydrogens is 267 g/mol. The Labute approximate surface area is 124 Å². The highest BCUT2D eigenvalue weighted by atomic mass is 19.1. The van der Waals surface area contributed by atoms with Crippen LogP contribution in [0.1, 0.15) is 30.9 Å². The van der Waals surface area contributed by atoms with Gasteiger partial charge in [0, 0.05) is 11.4 Å². The minimum absolute atomic E-state index is 0.311. The summed E-state index contributed by atoms with van der Waals surface area (Å²) >= 11 is 0. The molecule has 2 aromatic rings. The summed E-state index contributed by atoms with van der Waals surface area (Å²) in [7, 11) is 0. The Morgan fingerprint density at radius 3 is 2.33 bits per heavy atom. The molecule has 0 saturated carbocycles.